The predicted octanol–water partition coefficient (Wildman–Crippen LogP) is 5.06. The highest BCUT2D eigenvalue weighted by Gasteiger charge is 1.83. The first kappa shape index (κ1) is 18.3. The summed E-state index contributed by atoms with van der Waals surface area (Å²) in [7, 11) is 0. The van der Waals surface area contributed by atoms with Crippen molar-refractivity contribution in [2.45, 2.75) is 66.2 Å². The Morgan fingerprint density at radius 1 is 0.941 bits per heavy atom. The summed E-state index contributed by atoms with van der Waals surface area (Å²) in [6.45, 7) is 8.51. The Hall–Kier alpha value is -1.05. The zero-order valence-electron chi connectivity index (χ0n) is 12.1. The van der Waals surface area contributed by atoms with E-state index >= 15 is 0 Å². The fourth-order valence-electron chi connectivity index (χ4n) is 1.23. The number of rotatable bonds is 5. The standard InChI is InChI=1S/C8H18.C5H6N2.C2H6/c1-3-5-7-8-6-4-2;6-5-3-1-2-4-7-5;1-2/h3-8H2,1-2H3;1-4H,(H2,6,7);1-2H3. The molecule has 0 amide bonds. The number of hydrogen-bond acceptors (Lipinski definition) is 2. The summed E-state index contributed by atoms with van der Waals surface area (Å²) < 4.78 is 0. The number of nitrogens with two attached hydrogens (primary N) is 1. The number of aromatic nitrogens is 1. The van der Waals surface area contributed by atoms with Crippen LogP contribution in [0.25, 0.3) is 0 Å². The second-order valence-corrected chi connectivity index (χ2v) is 3.67. The maximum atomic E-state index is 5.25. The van der Waals surface area contributed by atoms with Gasteiger partial charge in [0.15, 0.2) is 0 Å². The summed E-state index contributed by atoms with van der Waals surface area (Å²) in [6.07, 6.45) is 10.2. The molecule has 0 saturated carbocycles. The molecular weight excluding hydrogens is 208 g/mol. The van der Waals surface area contributed by atoms with Gasteiger partial charge in [-0.1, -0.05) is 72.3 Å². The van der Waals surface area contributed by atoms with Crippen LogP contribution in [-0.4, -0.2) is 4.98 Å². The summed E-state index contributed by atoms with van der Waals surface area (Å²) >= 11 is 0. The van der Waals surface area contributed by atoms with Crippen molar-refractivity contribution in [2.75, 3.05) is 5.73 Å². The maximum Gasteiger partial charge on any atom is 0.123 e. The first-order valence-corrected chi connectivity index (χ1v) is 6.97. The van der Waals surface area contributed by atoms with Crippen LogP contribution in [0.4, 0.5) is 5.82 Å². The van der Waals surface area contributed by atoms with E-state index in [9.17, 15) is 0 Å². The van der Waals surface area contributed by atoms with Crippen LogP contribution < -0.4 is 5.73 Å². The van der Waals surface area contributed by atoms with E-state index in [-0.39, 0.29) is 0 Å². The molecule has 0 aliphatic carbocycles. The Balaban J connectivity index is 0. The molecule has 2 N–H and O–H groups in total. The molecule has 0 bridgehead atoms. The molecule has 0 saturated heterocycles. The lowest BCUT2D eigenvalue weighted by Crippen LogP contribution is -1.85. The second kappa shape index (κ2) is 17.3. The molecule has 0 atom stereocenters. The zero-order valence-corrected chi connectivity index (χ0v) is 12.1. The van der Waals surface area contributed by atoms with Gasteiger partial charge in [0.25, 0.3) is 0 Å². The molecule has 1 heterocycles. The highest BCUT2D eigenvalue weighted by Crippen LogP contribution is 2.03. The minimum atomic E-state index is 0.572. The molecule has 0 fully saturated rings. The van der Waals surface area contributed by atoms with Gasteiger partial charge in [-0.3, -0.25) is 0 Å². The molecule has 0 spiro atoms. The predicted molar refractivity (Wildman–Crippen MR) is 79.0 cm³/mol. The van der Waals surface area contributed by atoms with E-state index in [2.05, 4.69) is 18.8 Å². The van der Waals surface area contributed by atoms with Crippen LogP contribution in [-0.2, 0) is 0 Å². The van der Waals surface area contributed by atoms with Crippen LogP contribution >= 0.6 is 0 Å². The van der Waals surface area contributed by atoms with E-state index in [0.29, 0.717) is 5.82 Å². The van der Waals surface area contributed by atoms with Crippen LogP contribution in [0.2, 0.25) is 0 Å². The van der Waals surface area contributed by atoms with Crippen LogP contribution in [0.1, 0.15) is 66.2 Å². The summed E-state index contributed by atoms with van der Waals surface area (Å²) in [4.78, 5) is 3.76. The number of hydrogen-bond donors (Lipinski definition) is 1. The molecule has 17 heavy (non-hydrogen) atoms. The van der Waals surface area contributed by atoms with Gasteiger partial charge in [-0.05, 0) is 12.1 Å². The molecule has 0 radical (unpaired) electrons. The highest BCUT2D eigenvalue weighted by atomic mass is 14.8. The molecule has 1 rings (SSSR count). The first-order chi connectivity index (χ1) is 8.31. The van der Waals surface area contributed by atoms with Crippen molar-refractivity contribution < 1.29 is 0 Å². The van der Waals surface area contributed by atoms with Crippen molar-refractivity contribution in [3.8, 4) is 0 Å². The average Bonchev–Trinajstić information content (AvgIpc) is 2.39. The summed E-state index contributed by atoms with van der Waals surface area (Å²) in [5.41, 5.74) is 5.25. The molecule has 0 aliphatic heterocycles. The van der Waals surface area contributed by atoms with Gasteiger partial charge in [-0.2, -0.15) is 0 Å². The van der Waals surface area contributed by atoms with Crippen LogP contribution in [0.15, 0.2) is 24.4 Å². The minimum absolute atomic E-state index is 0.572. The lowest BCUT2D eigenvalue weighted by Gasteiger charge is -1.93. The number of nitrogen functional groups attached to an aromatic ring is 1. The summed E-state index contributed by atoms with van der Waals surface area (Å²) in [6, 6.07) is 5.43. The second-order valence-electron chi connectivity index (χ2n) is 3.67. The third-order valence-electron chi connectivity index (χ3n) is 2.14. The normalized spacial score (nSPS) is 8.47. The molecular formula is C15H30N2. The van der Waals surface area contributed by atoms with E-state index in [4.69, 9.17) is 5.73 Å². The fraction of sp³-hybridized carbons (Fsp3) is 0.667. The lowest BCUT2D eigenvalue weighted by atomic mass is 10.1. The number of nitrogens with zero attached hydrogens (tertiary/aromatic N) is 1. The Morgan fingerprint density at radius 3 is 1.71 bits per heavy atom. The number of anilines is 1. The van der Waals surface area contributed by atoms with Gasteiger partial charge in [-0.15, -0.1) is 0 Å². The van der Waals surface area contributed by atoms with Gasteiger partial charge in [0.2, 0.25) is 0 Å². The van der Waals surface area contributed by atoms with Crippen molar-refractivity contribution in [3.05, 3.63) is 24.4 Å². The minimum Gasteiger partial charge on any atom is -0.384 e. The summed E-state index contributed by atoms with van der Waals surface area (Å²) in [5, 5.41) is 0. The zero-order chi connectivity index (χ0) is 13.4. The Labute approximate surface area is 108 Å². The Morgan fingerprint density at radius 2 is 1.47 bits per heavy atom. The topological polar surface area (TPSA) is 38.9 Å². The van der Waals surface area contributed by atoms with Gasteiger partial charge in [0.05, 0.1) is 0 Å². The Kier molecular flexibility index (Phi) is 18.7. The monoisotopic (exact) mass is 238 g/mol. The van der Waals surface area contributed by atoms with E-state index in [0.717, 1.165) is 0 Å². The van der Waals surface area contributed by atoms with Crippen molar-refractivity contribution in [3.63, 3.8) is 0 Å². The molecule has 0 aliphatic rings. The van der Waals surface area contributed by atoms with E-state index in [1.165, 1.54) is 38.5 Å². The first-order valence-electron chi connectivity index (χ1n) is 6.97. The fourth-order valence-corrected chi connectivity index (χ4v) is 1.23. The van der Waals surface area contributed by atoms with Crippen molar-refractivity contribution in [1.29, 1.82) is 0 Å². The Bertz CT molecular complexity index is 203. The van der Waals surface area contributed by atoms with Gasteiger partial charge in [-0.25, -0.2) is 4.98 Å². The molecule has 100 valence electrons. The van der Waals surface area contributed by atoms with Gasteiger partial charge < -0.3 is 5.73 Å². The average molecular weight is 238 g/mol. The van der Waals surface area contributed by atoms with E-state index in [1.54, 1.807) is 12.3 Å². The van der Waals surface area contributed by atoms with Gasteiger partial charge in [0.1, 0.15) is 5.82 Å². The van der Waals surface area contributed by atoms with Crippen molar-refractivity contribution in [1.82, 2.24) is 4.98 Å². The number of pyridine rings is 1. The molecule has 1 aromatic rings. The lowest BCUT2D eigenvalue weighted by molar-refractivity contribution is 0.624. The van der Waals surface area contributed by atoms with Crippen molar-refractivity contribution >= 4 is 5.82 Å². The molecule has 0 aromatic carbocycles. The molecule has 1 aromatic heterocycles. The maximum absolute atomic E-state index is 5.25. The molecule has 2 nitrogen and oxygen atoms in total. The third-order valence-corrected chi connectivity index (χ3v) is 2.14. The largest absolute Gasteiger partial charge is 0.384 e. The van der Waals surface area contributed by atoms with Gasteiger partial charge in [0, 0.05) is 6.20 Å². The quantitative estimate of drug-likeness (QED) is 0.728. The number of unbranched alkanes of at least 4 members (excludes halogenated alkanes) is 5. The van der Waals surface area contributed by atoms with Crippen LogP contribution in [0.3, 0.4) is 0 Å². The molecule has 0 unspecified atom stereocenters. The SMILES string of the molecule is CC.CCCCCCCC.Nc1ccccn1. The molecule has 2 heteroatoms. The highest BCUT2D eigenvalue weighted by molar-refractivity contribution is 5.25. The van der Waals surface area contributed by atoms with Crippen molar-refractivity contribution in [2.24, 2.45) is 0 Å². The van der Waals surface area contributed by atoms with E-state index in [1.807, 2.05) is 26.0 Å². The summed E-state index contributed by atoms with van der Waals surface area (Å²) in [5.74, 6) is 0.572. The van der Waals surface area contributed by atoms with E-state index < -0.39 is 0 Å². The van der Waals surface area contributed by atoms with Gasteiger partial charge >= 0.3 is 0 Å². The third kappa shape index (κ3) is 17.6. The van der Waals surface area contributed by atoms with Crippen LogP contribution in [0.5, 0.6) is 0 Å². The van der Waals surface area contributed by atoms with Crippen LogP contribution in [0, 0.1) is 0 Å². The smallest absolute Gasteiger partial charge is 0.123 e.